The summed E-state index contributed by atoms with van der Waals surface area (Å²) in [6.45, 7) is 8.40. The quantitative estimate of drug-likeness (QED) is 0.644. The van der Waals surface area contributed by atoms with Gasteiger partial charge in [-0.1, -0.05) is 40.5 Å². The lowest BCUT2D eigenvalue weighted by Crippen LogP contribution is -2.27. The first-order valence-corrected chi connectivity index (χ1v) is 5.42. The first kappa shape index (κ1) is 12.0. The Labute approximate surface area is 77.2 Å². The van der Waals surface area contributed by atoms with Gasteiger partial charge in [0, 0.05) is 0 Å². The van der Waals surface area contributed by atoms with E-state index < -0.39 is 0 Å². The van der Waals surface area contributed by atoms with E-state index >= 15 is 0 Å². The van der Waals surface area contributed by atoms with Crippen molar-refractivity contribution in [3.63, 3.8) is 0 Å². The van der Waals surface area contributed by atoms with Crippen LogP contribution in [-0.2, 0) is 0 Å². The van der Waals surface area contributed by atoms with E-state index in [1.165, 1.54) is 12.8 Å². The Kier molecular flexibility index (Phi) is 6.45. The minimum atomic E-state index is -0.00579. The molecule has 0 aromatic heterocycles. The van der Waals surface area contributed by atoms with Crippen LogP contribution in [-0.4, -0.2) is 11.2 Å². The minimum absolute atomic E-state index is 0.00579. The van der Waals surface area contributed by atoms with Crippen molar-refractivity contribution in [1.82, 2.24) is 0 Å². The van der Waals surface area contributed by atoms with Crippen molar-refractivity contribution in [2.24, 2.45) is 11.8 Å². The number of rotatable bonds is 1. The highest BCUT2D eigenvalue weighted by Crippen LogP contribution is 2.30. The Morgan fingerprint density at radius 2 is 1.83 bits per heavy atom. The zero-order valence-electron chi connectivity index (χ0n) is 9.01. The molecule has 1 heteroatoms. The second-order valence-electron chi connectivity index (χ2n) is 3.65. The Morgan fingerprint density at radius 3 is 2.25 bits per heavy atom. The standard InChI is InChI=1S/C9H18O.C2H6/c1-3-8-5-4-7(2)6-9(8)10;1-2/h7-10H,3-6H2,1-2H3;1-2H3/t7-,8-,9-;/m1./s1. The summed E-state index contributed by atoms with van der Waals surface area (Å²) in [6, 6.07) is 0. The summed E-state index contributed by atoms with van der Waals surface area (Å²) in [7, 11) is 0. The van der Waals surface area contributed by atoms with E-state index in [0.29, 0.717) is 5.92 Å². The van der Waals surface area contributed by atoms with Crippen LogP contribution in [0.15, 0.2) is 0 Å². The van der Waals surface area contributed by atoms with Crippen molar-refractivity contribution in [2.75, 3.05) is 0 Å². The highest BCUT2D eigenvalue weighted by atomic mass is 16.3. The monoisotopic (exact) mass is 172 g/mol. The molecular formula is C11H24O. The molecule has 1 aliphatic rings. The van der Waals surface area contributed by atoms with Gasteiger partial charge in [0.1, 0.15) is 0 Å². The summed E-state index contributed by atoms with van der Waals surface area (Å²) in [5.41, 5.74) is 0. The molecule has 0 aliphatic heterocycles. The topological polar surface area (TPSA) is 20.2 Å². The molecule has 1 nitrogen and oxygen atoms in total. The van der Waals surface area contributed by atoms with Crippen molar-refractivity contribution >= 4 is 0 Å². The highest BCUT2D eigenvalue weighted by molar-refractivity contribution is 4.76. The van der Waals surface area contributed by atoms with Gasteiger partial charge in [-0.05, 0) is 24.7 Å². The Morgan fingerprint density at radius 1 is 1.25 bits per heavy atom. The first-order chi connectivity index (χ1) is 5.74. The smallest absolute Gasteiger partial charge is 0.0570 e. The van der Waals surface area contributed by atoms with Gasteiger partial charge < -0.3 is 5.11 Å². The van der Waals surface area contributed by atoms with E-state index in [1.807, 2.05) is 13.8 Å². The molecule has 0 unspecified atom stereocenters. The van der Waals surface area contributed by atoms with Crippen molar-refractivity contribution in [3.8, 4) is 0 Å². The molecule has 0 radical (unpaired) electrons. The van der Waals surface area contributed by atoms with Crippen molar-refractivity contribution < 1.29 is 5.11 Å². The predicted octanol–water partition coefficient (Wildman–Crippen LogP) is 3.22. The average Bonchev–Trinajstić information content (AvgIpc) is 2.08. The zero-order chi connectivity index (χ0) is 9.56. The average molecular weight is 172 g/mol. The fourth-order valence-electron chi connectivity index (χ4n) is 1.89. The third-order valence-corrected chi connectivity index (χ3v) is 2.74. The molecule has 1 fully saturated rings. The molecule has 1 rings (SSSR count). The van der Waals surface area contributed by atoms with Crippen LogP contribution < -0.4 is 0 Å². The maximum Gasteiger partial charge on any atom is 0.0570 e. The summed E-state index contributed by atoms with van der Waals surface area (Å²) in [5, 5.41) is 9.54. The van der Waals surface area contributed by atoms with Gasteiger partial charge in [-0.15, -0.1) is 0 Å². The van der Waals surface area contributed by atoms with Crippen LogP contribution in [0.3, 0.4) is 0 Å². The van der Waals surface area contributed by atoms with E-state index in [-0.39, 0.29) is 6.10 Å². The van der Waals surface area contributed by atoms with Crippen molar-refractivity contribution in [2.45, 2.75) is 59.5 Å². The molecule has 0 amide bonds. The molecule has 0 saturated heterocycles. The zero-order valence-corrected chi connectivity index (χ0v) is 9.01. The second kappa shape index (κ2) is 6.47. The van der Waals surface area contributed by atoms with Crippen molar-refractivity contribution in [3.05, 3.63) is 0 Å². The van der Waals surface area contributed by atoms with Gasteiger partial charge in [0.05, 0.1) is 6.10 Å². The van der Waals surface area contributed by atoms with Gasteiger partial charge in [-0.25, -0.2) is 0 Å². The summed E-state index contributed by atoms with van der Waals surface area (Å²) in [6.07, 6.45) is 4.72. The van der Waals surface area contributed by atoms with Gasteiger partial charge in [-0.2, -0.15) is 0 Å². The maximum atomic E-state index is 9.54. The molecule has 1 aliphatic carbocycles. The van der Waals surface area contributed by atoms with Crippen molar-refractivity contribution in [1.29, 1.82) is 0 Å². The highest BCUT2D eigenvalue weighted by Gasteiger charge is 2.24. The van der Waals surface area contributed by atoms with E-state index in [4.69, 9.17) is 0 Å². The molecular weight excluding hydrogens is 148 g/mol. The lowest BCUT2D eigenvalue weighted by molar-refractivity contribution is 0.0472. The van der Waals surface area contributed by atoms with Gasteiger partial charge >= 0.3 is 0 Å². The lowest BCUT2D eigenvalue weighted by Gasteiger charge is -2.30. The lowest BCUT2D eigenvalue weighted by atomic mass is 9.79. The van der Waals surface area contributed by atoms with Gasteiger partial charge in [0.2, 0.25) is 0 Å². The third kappa shape index (κ3) is 3.57. The van der Waals surface area contributed by atoms with Gasteiger partial charge in [0.25, 0.3) is 0 Å². The molecule has 1 N–H and O–H groups in total. The molecule has 0 aromatic rings. The Bertz CT molecular complexity index is 101. The van der Waals surface area contributed by atoms with Crippen LogP contribution >= 0.6 is 0 Å². The number of hydrogen-bond donors (Lipinski definition) is 1. The van der Waals surface area contributed by atoms with Crippen LogP contribution in [0.1, 0.15) is 53.4 Å². The van der Waals surface area contributed by atoms with Crippen LogP contribution in [0.2, 0.25) is 0 Å². The summed E-state index contributed by atoms with van der Waals surface area (Å²) in [4.78, 5) is 0. The van der Waals surface area contributed by atoms with Crippen LogP contribution in [0.25, 0.3) is 0 Å². The molecule has 3 atom stereocenters. The van der Waals surface area contributed by atoms with Gasteiger partial charge in [0.15, 0.2) is 0 Å². The number of hydrogen-bond acceptors (Lipinski definition) is 1. The second-order valence-corrected chi connectivity index (χ2v) is 3.65. The molecule has 12 heavy (non-hydrogen) atoms. The van der Waals surface area contributed by atoms with Gasteiger partial charge in [-0.3, -0.25) is 0 Å². The van der Waals surface area contributed by atoms with E-state index in [0.717, 1.165) is 18.8 Å². The molecule has 0 bridgehead atoms. The summed E-state index contributed by atoms with van der Waals surface area (Å²) >= 11 is 0. The molecule has 1 saturated carbocycles. The molecule has 0 heterocycles. The van der Waals surface area contributed by atoms with E-state index in [1.54, 1.807) is 0 Å². The Hall–Kier alpha value is -0.0400. The minimum Gasteiger partial charge on any atom is -0.393 e. The van der Waals surface area contributed by atoms with Crippen LogP contribution in [0.4, 0.5) is 0 Å². The first-order valence-electron chi connectivity index (χ1n) is 5.42. The number of aliphatic hydroxyl groups excluding tert-OH is 1. The Balaban J connectivity index is 0.000000561. The van der Waals surface area contributed by atoms with E-state index in [2.05, 4.69) is 13.8 Å². The normalized spacial score (nSPS) is 35.2. The largest absolute Gasteiger partial charge is 0.393 e. The summed E-state index contributed by atoms with van der Waals surface area (Å²) < 4.78 is 0. The fourth-order valence-corrected chi connectivity index (χ4v) is 1.89. The third-order valence-electron chi connectivity index (χ3n) is 2.74. The van der Waals surface area contributed by atoms with E-state index in [9.17, 15) is 5.11 Å². The number of aliphatic hydroxyl groups is 1. The SMILES string of the molecule is CC.CC[C@@H]1CC[C@@H](C)C[C@H]1O. The molecule has 74 valence electrons. The maximum absolute atomic E-state index is 9.54. The van der Waals surface area contributed by atoms with Crippen LogP contribution in [0, 0.1) is 11.8 Å². The molecule has 0 aromatic carbocycles. The fraction of sp³-hybridized carbons (Fsp3) is 1.00. The summed E-state index contributed by atoms with van der Waals surface area (Å²) in [5.74, 6) is 1.34. The molecule has 0 spiro atoms. The predicted molar refractivity (Wildman–Crippen MR) is 54.2 cm³/mol. The van der Waals surface area contributed by atoms with Crippen LogP contribution in [0.5, 0.6) is 0 Å².